The van der Waals surface area contributed by atoms with Crippen molar-refractivity contribution in [3.63, 3.8) is 0 Å². The summed E-state index contributed by atoms with van der Waals surface area (Å²) < 4.78 is 7.12. The molecule has 0 aromatic carbocycles. The number of carbonyl (C=O) groups is 1. The minimum atomic E-state index is -0.485. The van der Waals surface area contributed by atoms with Crippen LogP contribution in [0.25, 0.3) is 5.65 Å². The van der Waals surface area contributed by atoms with Crippen molar-refractivity contribution >= 4 is 11.7 Å². The van der Waals surface area contributed by atoms with Crippen molar-refractivity contribution in [1.29, 1.82) is 0 Å². The van der Waals surface area contributed by atoms with E-state index in [0.717, 1.165) is 11.5 Å². The number of fused-ring (bicyclic) bond motifs is 1. The van der Waals surface area contributed by atoms with Gasteiger partial charge in [-0.1, -0.05) is 6.07 Å². The van der Waals surface area contributed by atoms with Gasteiger partial charge in [0.1, 0.15) is 5.60 Å². The van der Waals surface area contributed by atoms with Gasteiger partial charge in [-0.2, -0.15) is 0 Å². The fourth-order valence-electron chi connectivity index (χ4n) is 1.90. The highest BCUT2D eigenvalue weighted by atomic mass is 16.6. The van der Waals surface area contributed by atoms with Gasteiger partial charge in [0.05, 0.1) is 6.54 Å². The Hall–Kier alpha value is -2.15. The number of aromatic nitrogens is 3. The molecule has 22 heavy (non-hydrogen) atoms. The Balaban J connectivity index is 1.78. The maximum atomic E-state index is 11.6. The molecule has 1 unspecified atom stereocenters. The molecule has 0 radical (unpaired) electrons. The van der Waals surface area contributed by atoms with Gasteiger partial charge in [0, 0.05) is 18.8 Å². The number of amides is 1. The first-order valence-electron chi connectivity index (χ1n) is 7.34. The molecular formula is C15H23N5O2. The Morgan fingerprint density at radius 1 is 1.36 bits per heavy atom. The van der Waals surface area contributed by atoms with Gasteiger partial charge >= 0.3 is 6.09 Å². The topological polar surface area (TPSA) is 80.5 Å². The van der Waals surface area contributed by atoms with Gasteiger partial charge in [-0.15, -0.1) is 10.2 Å². The molecule has 2 aromatic rings. The Bertz CT molecular complexity index is 632. The van der Waals surface area contributed by atoms with E-state index >= 15 is 0 Å². The molecule has 0 aliphatic rings. The summed E-state index contributed by atoms with van der Waals surface area (Å²) in [7, 11) is 0. The van der Waals surface area contributed by atoms with E-state index in [0.29, 0.717) is 13.1 Å². The minimum absolute atomic E-state index is 0.0866. The van der Waals surface area contributed by atoms with Crippen LogP contribution in [0.5, 0.6) is 0 Å². The van der Waals surface area contributed by atoms with Gasteiger partial charge in [-0.05, 0) is 39.8 Å². The molecule has 7 heteroatoms. The maximum absolute atomic E-state index is 11.6. The molecule has 0 bridgehead atoms. The Morgan fingerprint density at radius 2 is 2.14 bits per heavy atom. The Morgan fingerprint density at radius 3 is 2.86 bits per heavy atom. The number of nitrogens with zero attached hydrogens (tertiary/aromatic N) is 3. The van der Waals surface area contributed by atoms with E-state index < -0.39 is 11.7 Å². The first-order chi connectivity index (χ1) is 10.3. The molecule has 0 aliphatic heterocycles. The average Bonchev–Trinajstić information content (AvgIpc) is 2.84. The molecule has 0 saturated heterocycles. The van der Waals surface area contributed by atoms with Crippen LogP contribution in [0.15, 0.2) is 24.4 Å². The minimum Gasteiger partial charge on any atom is -0.444 e. The van der Waals surface area contributed by atoms with Crippen LogP contribution in [0.1, 0.15) is 33.5 Å². The van der Waals surface area contributed by atoms with Crippen molar-refractivity contribution in [3.8, 4) is 0 Å². The van der Waals surface area contributed by atoms with Gasteiger partial charge < -0.3 is 15.4 Å². The van der Waals surface area contributed by atoms with E-state index in [2.05, 4.69) is 20.8 Å². The Kier molecular flexibility index (Phi) is 4.97. The molecule has 0 saturated carbocycles. The third kappa shape index (κ3) is 4.70. The second-order valence-electron chi connectivity index (χ2n) is 6.21. The van der Waals surface area contributed by atoms with Crippen LogP contribution in [0.3, 0.4) is 0 Å². The van der Waals surface area contributed by atoms with Crippen molar-refractivity contribution in [2.24, 2.45) is 0 Å². The molecule has 2 rings (SSSR count). The van der Waals surface area contributed by atoms with Crippen LogP contribution < -0.4 is 10.6 Å². The lowest BCUT2D eigenvalue weighted by atomic mass is 10.2. The highest BCUT2D eigenvalue weighted by Gasteiger charge is 2.16. The quantitative estimate of drug-likeness (QED) is 0.879. The number of alkyl carbamates (subject to hydrolysis) is 1. The molecule has 1 atom stereocenters. The molecule has 0 spiro atoms. The average molecular weight is 305 g/mol. The second-order valence-corrected chi connectivity index (χ2v) is 6.21. The highest BCUT2D eigenvalue weighted by Crippen LogP contribution is 2.06. The summed E-state index contributed by atoms with van der Waals surface area (Å²) in [4.78, 5) is 11.6. The summed E-state index contributed by atoms with van der Waals surface area (Å²) in [6.07, 6.45) is 1.52. The number of hydrogen-bond donors (Lipinski definition) is 2. The normalized spacial score (nSPS) is 13.1. The standard InChI is InChI=1S/C15H23N5O2/c1-11(9-17-14(21)22-15(2,3)4)16-10-13-19-18-12-7-5-6-8-20(12)13/h5-8,11,16H,9-10H2,1-4H3,(H,17,21). The molecule has 2 aromatic heterocycles. The third-order valence-corrected chi connectivity index (χ3v) is 2.94. The molecule has 7 nitrogen and oxygen atoms in total. The third-order valence-electron chi connectivity index (χ3n) is 2.94. The fraction of sp³-hybridized carbons (Fsp3) is 0.533. The van der Waals surface area contributed by atoms with Gasteiger partial charge in [-0.25, -0.2) is 4.79 Å². The highest BCUT2D eigenvalue weighted by molar-refractivity contribution is 5.67. The largest absolute Gasteiger partial charge is 0.444 e. The van der Waals surface area contributed by atoms with E-state index in [-0.39, 0.29) is 6.04 Å². The lowest BCUT2D eigenvalue weighted by Gasteiger charge is -2.21. The lowest BCUT2D eigenvalue weighted by molar-refractivity contribution is 0.0523. The van der Waals surface area contributed by atoms with Crippen molar-refractivity contribution in [1.82, 2.24) is 25.2 Å². The lowest BCUT2D eigenvalue weighted by Crippen LogP contribution is -2.41. The first-order valence-corrected chi connectivity index (χ1v) is 7.34. The van der Waals surface area contributed by atoms with Crippen molar-refractivity contribution in [2.75, 3.05) is 6.54 Å². The number of rotatable bonds is 5. The second kappa shape index (κ2) is 6.74. The van der Waals surface area contributed by atoms with Crippen LogP contribution in [-0.2, 0) is 11.3 Å². The van der Waals surface area contributed by atoms with Gasteiger partial charge in [-0.3, -0.25) is 4.40 Å². The van der Waals surface area contributed by atoms with E-state index in [1.807, 2.05) is 56.5 Å². The first kappa shape index (κ1) is 16.2. The predicted molar refractivity (Wildman–Crippen MR) is 83.5 cm³/mol. The molecule has 0 aliphatic carbocycles. The van der Waals surface area contributed by atoms with E-state index in [9.17, 15) is 4.79 Å². The van der Waals surface area contributed by atoms with Gasteiger partial charge in [0.2, 0.25) is 0 Å². The van der Waals surface area contributed by atoms with E-state index in [1.165, 1.54) is 0 Å². The van der Waals surface area contributed by atoms with Gasteiger partial charge in [0.25, 0.3) is 0 Å². The number of ether oxygens (including phenoxy) is 1. The SMILES string of the molecule is CC(CNC(=O)OC(C)(C)C)NCc1nnc2ccccn12. The van der Waals surface area contributed by atoms with E-state index in [4.69, 9.17) is 4.74 Å². The zero-order valence-corrected chi connectivity index (χ0v) is 13.5. The number of hydrogen-bond acceptors (Lipinski definition) is 5. The molecule has 2 heterocycles. The summed E-state index contributed by atoms with van der Waals surface area (Å²) in [5, 5.41) is 14.3. The molecule has 0 fully saturated rings. The summed E-state index contributed by atoms with van der Waals surface area (Å²) >= 11 is 0. The molecule has 2 N–H and O–H groups in total. The van der Waals surface area contributed by atoms with Crippen molar-refractivity contribution < 1.29 is 9.53 Å². The van der Waals surface area contributed by atoms with Crippen LogP contribution in [0.4, 0.5) is 4.79 Å². The zero-order chi connectivity index (χ0) is 16.2. The summed E-state index contributed by atoms with van der Waals surface area (Å²) in [5.74, 6) is 0.833. The van der Waals surface area contributed by atoms with Crippen LogP contribution in [0, 0.1) is 0 Å². The fourth-order valence-corrected chi connectivity index (χ4v) is 1.90. The summed E-state index contributed by atoms with van der Waals surface area (Å²) in [6.45, 7) is 8.55. The molecular weight excluding hydrogens is 282 g/mol. The smallest absolute Gasteiger partial charge is 0.407 e. The number of nitrogens with one attached hydrogen (secondary N) is 2. The van der Waals surface area contributed by atoms with Crippen LogP contribution >= 0.6 is 0 Å². The molecule has 120 valence electrons. The maximum Gasteiger partial charge on any atom is 0.407 e. The van der Waals surface area contributed by atoms with Crippen LogP contribution in [0.2, 0.25) is 0 Å². The van der Waals surface area contributed by atoms with Crippen molar-refractivity contribution in [2.45, 2.75) is 45.9 Å². The number of carbonyl (C=O) groups excluding carboxylic acids is 1. The van der Waals surface area contributed by atoms with Crippen molar-refractivity contribution in [3.05, 3.63) is 30.2 Å². The number of pyridine rings is 1. The molecule has 1 amide bonds. The van der Waals surface area contributed by atoms with Gasteiger partial charge in [0.15, 0.2) is 11.5 Å². The monoisotopic (exact) mass is 305 g/mol. The summed E-state index contributed by atoms with van der Waals surface area (Å²) in [6, 6.07) is 5.86. The van der Waals surface area contributed by atoms with Crippen LogP contribution in [-0.4, -0.2) is 38.9 Å². The zero-order valence-electron chi connectivity index (χ0n) is 13.5. The summed E-state index contributed by atoms with van der Waals surface area (Å²) in [5.41, 5.74) is 0.333. The van der Waals surface area contributed by atoms with E-state index in [1.54, 1.807) is 0 Å². The Labute approximate surface area is 130 Å². The predicted octanol–water partition coefficient (Wildman–Crippen LogP) is 1.73.